The highest BCUT2D eigenvalue weighted by molar-refractivity contribution is 14.1. The van der Waals surface area contributed by atoms with Crippen LogP contribution < -0.4 is 0 Å². The minimum Gasteiger partial charge on any atom is -0.251 e. The second-order valence-electron chi connectivity index (χ2n) is 2.67. The molecule has 0 amide bonds. The summed E-state index contributed by atoms with van der Waals surface area (Å²) in [5.41, 5.74) is 0.539. The van der Waals surface area contributed by atoms with Crippen LogP contribution in [0.2, 0.25) is 10.2 Å². The molecule has 2 aromatic rings. The van der Waals surface area contributed by atoms with Crippen LogP contribution in [0.1, 0.15) is 0 Å². The summed E-state index contributed by atoms with van der Waals surface area (Å²) < 4.78 is 0.796. The van der Waals surface area contributed by atoms with E-state index in [1.165, 1.54) is 0 Å². The number of pyridine rings is 1. The normalized spacial score (nSPS) is 10.3. The van der Waals surface area contributed by atoms with E-state index in [1.807, 2.05) is 0 Å². The van der Waals surface area contributed by atoms with Crippen molar-refractivity contribution in [2.45, 2.75) is 0 Å². The first-order valence-electron chi connectivity index (χ1n) is 3.97. The first-order chi connectivity index (χ1) is 7.18. The molecule has 0 fully saturated rings. The molecule has 0 atom stereocenters. The summed E-state index contributed by atoms with van der Waals surface area (Å²) in [6.07, 6.45) is 3.27. The van der Waals surface area contributed by atoms with Gasteiger partial charge in [0, 0.05) is 12.4 Å². The van der Waals surface area contributed by atoms with Gasteiger partial charge in [0.1, 0.15) is 10.8 Å². The van der Waals surface area contributed by atoms with E-state index in [0.29, 0.717) is 21.7 Å². The summed E-state index contributed by atoms with van der Waals surface area (Å²) in [5, 5.41) is 0.914. The fourth-order valence-electron chi connectivity index (χ4n) is 1.01. The number of hydrogen-bond donors (Lipinski definition) is 0. The molecule has 15 heavy (non-hydrogen) atoms. The highest BCUT2D eigenvalue weighted by Gasteiger charge is 2.09. The lowest BCUT2D eigenvalue weighted by Gasteiger charge is -2.02. The van der Waals surface area contributed by atoms with Crippen LogP contribution in [-0.4, -0.2) is 15.0 Å². The molecule has 0 unspecified atom stereocenters. The van der Waals surface area contributed by atoms with E-state index < -0.39 is 0 Å². The molecule has 0 N–H and O–H groups in total. The number of nitrogens with zero attached hydrogens (tertiary/aromatic N) is 3. The maximum atomic E-state index is 5.96. The molecule has 2 aromatic heterocycles. The lowest BCUT2D eigenvalue weighted by molar-refractivity contribution is 1.13. The van der Waals surface area contributed by atoms with Crippen molar-refractivity contribution in [1.29, 1.82) is 0 Å². The minimum absolute atomic E-state index is 0.405. The Kier molecular flexibility index (Phi) is 3.38. The first-order valence-corrected chi connectivity index (χ1v) is 5.81. The van der Waals surface area contributed by atoms with Crippen molar-refractivity contribution in [3.8, 4) is 11.5 Å². The second-order valence-corrected chi connectivity index (χ2v) is 4.59. The molecule has 0 radical (unpaired) electrons. The Morgan fingerprint density at radius 1 is 1.20 bits per heavy atom. The van der Waals surface area contributed by atoms with Crippen LogP contribution in [0.15, 0.2) is 24.5 Å². The molecule has 76 valence electrons. The third kappa shape index (κ3) is 2.38. The van der Waals surface area contributed by atoms with Crippen LogP contribution in [0.3, 0.4) is 0 Å². The van der Waals surface area contributed by atoms with E-state index in [9.17, 15) is 0 Å². The van der Waals surface area contributed by atoms with Crippen molar-refractivity contribution in [2.24, 2.45) is 0 Å². The first kappa shape index (κ1) is 11.0. The van der Waals surface area contributed by atoms with Gasteiger partial charge in [-0.05, 0) is 34.7 Å². The summed E-state index contributed by atoms with van der Waals surface area (Å²) in [6, 6.07) is 3.49. The highest BCUT2D eigenvalue weighted by Crippen LogP contribution is 2.24. The van der Waals surface area contributed by atoms with Crippen LogP contribution in [0.4, 0.5) is 0 Å². The van der Waals surface area contributed by atoms with Gasteiger partial charge in [-0.3, -0.25) is 4.98 Å². The summed E-state index contributed by atoms with van der Waals surface area (Å²) in [6.45, 7) is 0. The van der Waals surface area contributed by atoms with Crippen molar-refractivity contribution in [3.63, 3.8) is 0 Å². The molecular weight excluding hydrogens is 348 g/mol. The quantitative estimate of drug-likeness (QED) is 0.583. The van der Waals surface area contributed by atoms with Gasteiger partial charge in [0.2, 0.25) is 0 Å². The van der Waals surface area contributed by atoms with Crippen molar-refractivity contribution in [1.82, 2.24) is 15.0 Å². The summed E-state index contributed by atoms with van der Waals surface area (Å²) >= 11 is 13.9. The fourth-order valence-corrected chi connectivity index (χ4v) is 1.61. The van der Waals surface area contributed by atoms with Gasteiger partial charge in [-0.25, -0.2) is 9.97 Å². The van der Waals surface area contributed by atoms with E-state index in [4.69, 9.17) is 23.2 Å². The monoisotopic (exact) mass is 351 g/mol. The van der Waals surface area contributed by atoms with E-state index >= 15 is 0 Å². The molecule has 2 heterocycles. The molecule has 0 bridgehead atoms. The van der Waals surface area contributed by atoms with Gasteiger partial charge in [0.15, 0.2) is 5.82 Å². The van der Waals surface area contributed by atoms with Crippen LogP contribution >= 0.6 is 45.8 Å². The van der Waals surface area contributed by atoms with E-state index in [0.717, 1.165) is 3.57 Å². The third-order valence-corrected chi connectivity index (χ3v) is 3.37. The predicted octanol–water partition coefficient (Wildman–Crippen LogP) is 3.45. The van der Waals surface area contributed by atoms with Crippen molar-refractivity contribution in [2.75, 3.05) is 0 Å². The van der Waals surface area contributed by atoms with Gasteiger partial charge in [-0.1, -0.05) is 23.2 Å². The maximum absolute atomic E-state index is 5.96. The third-order valence-electron chi connectivity index (χ3n) is 1.67. The van der Waals surface area contributed by atoms with Crippen LogP contribution in [0.25, 0.3) is 11.5 Å². The van der Waals surface area contributed by atoms with Gasteiger partial charge in [-0.15, -0.1) is 0 Å². The van der Waals surface area contributed by atoms with Crippen LogP contribution in [0.5, 0.6) is 0 Å². The standard InChI is InChI=1S/C9H4Cl2IN3/c10-5-2-1-3-13-7(5)9-14-4-6(12)8(11)15-9/h1-4H. The van der Waals surface area contributed by atoms with Gasteiger partial charge in [0.05, 0.1) is 8.59 Å². The number of halogens is 3. The maximum Gasteiger partial charge on any atom is 0.181 e. The summed E-state index contributed by atoms with van der Waals surface area (Å²) in [7, 11) is 0. The van der Waals surface area contributed by atoms with E-state index in [2.05, 4.69) is 37.5 Å². The molecule has 0 aliphatic heterocycles. The number of hydrogen-bond acceptors (Lipinski definition) is 3. The average molecular weight is 352 g/mol. The molecule has 3 nitrogen and oxygen atoms in total. The zero-order valence-corrected chi connectivity index (χ0v) is 11.0. The fraction of sp³-hybridized carbons (Fsp3) is 0. The Labute approximate surface area is 110 Å². The smallest absolute Gasteiger partial charge is 0.181 e. The topological polar surface area (TPSA) is 38.7 Å². The molecule has 0 saturated carbocycles. The van der Waals surface area contributed by atoms with Crippen LogP contribution in [-0.2, 0) is 0 Å². The van der Waals surface area contributed by atoms with Crippen molar-refractivity contribution in [3.05, 3.63) is 38.3 Å². The molecule has 0 saturated heterocycles. The van der Waals surface area contributed by atoms with Gasteiger partial charge >= 0.3 is 0 Å². The van der Waals surface area contributed by atoms with Gasteiger partial charge in [0.25, 0.3) is 0 Å². The zero-order valence-electron chi connectivity index (χ0n) is 7.28. The van der Waals surface area contributed by atoms with E-state index in [1.54, 1.807) is 24.5 Å². The molecule has 0 aliphatic rings. The number of rotatable bonds is 1. The average Bonchev–Trinajstić information content (AvgIpc) is 2.23. The zero-order chi connectivity index (χ0) is 10.8. The molecule has 2 rings (SSSR count). The summed E-state index contributed by atoms with van der Waals surface area (Å²) in [4.78, 5) is 12.3. The summed E-state index contributed by atoms with van der Waals surface area (Å²) in [5.74, 6) is 0.436. The Bertz CT molecular complexity index is 504. The minimum atomic E-state index is 0.405. The molecular formula is C9H4Cl2IN3. The largest absolute Gasteiger partial charge is 0.251 e. The Balaban J connectivity index is 2.55. The molecule has 0 spiro atoms. The Morgan fingerprint density at radius 2 is 2.00 bits per heavy atom. The van der Waals surface area contributed by atoms with E-state index in [-0.39, 0.29) is 0 Å². The Hall–Kier alpha value is -0.460. The second kappa shape index (κ2) is 4.59. The predicted molar refractivity (Wildman–Crippen MR) is 68.0 cm³/mol. The SMILES string of the molecule is Clc1cccnc1-c1ncc(I)c(Cl)n1. The molecule has 0 aromatic carbocycles. The molecule has 0 aliphatic carbocycles. The van der Waals surface area contributed by atoms with Gasteiger partial charge < -0.3 is 0 Å². The Morgan fingerprint density at radius 3 is 2.67 bits per heavy atom. The van der Waals surface area contributed by atoms with Gasteiger partial charge in [-0.2, -0.15) is 0 Å². The van der Waals surface area contributed by atoms with Crippen molar-refractivity contribution >= 4 is 45.8 Å². The highest BCUT2D eigenvalue weighted by atomic mass is 127. The lowest BCUT2D eigenvalue weighted by Crippen LogP contribution is -1.94. The van der Waals surface area contributed by atoms with Crippen molar-refractivity contribution < 1.29 is 0 Å². The van der Waals surface area contributed by atoms with Crippen LogP contribution in [0, 0.1) is 3.57 Å². The lowest BCUT2D eigenvalue weighted by atomic mass is 10.3. The molecule has 6 heteroatoms. The number of aromatic nitrogens is 3.